The Labute approximate surface area is 121 Å². The van der Waals surface area contributed by atoms with Gasteiger partial charge in [0.1, 0.15) is 24.2 Å². The second kappa shape index (κ2) is 7.50. The molecule has 0 amide bonds. The molecule has 1 saturated heterocycles. The molecule has 0 bridgehead atoms. The summed E-state index contributed by atoms with van der Waals surface area (Å²) in [5.41, 5.74) is 0. The van der Waals surface area contributed by atoms with Crippen LogP contribution in [-0.4, -0.2) is 49.5 Å². The zero-order valence-electron chi connectivity index (χ0n) is 12.4. The minimum atomic E-state index is -0.442. The number of β-amino-alcohol motifs (C(OH)–C–C–N with tert-alkyl or cyclic N) is 1. The molecule has 1 fully saturated rings. The number of benzene rings is 1. The Morgan fingerprint density at radius 3 is 2.65 bits per heavy atom. The summed E-state index contributed by atoms with van der Waals surface area (Å²) in [5.74, 6) is 2.30. The SMILES string of the molecule is COc1ccc(OC[C@@H](O)CN2CCC[C@@H](C)C2)cc1. The van der Waals surface area contributed by atoms with Crippen LogP contribution in [-0.2, 0) is 0 Å². The van der Waals surface area contributed by atoms with Gasteiger partial charge in [-0.2, -0.15) is 0 Å². The summed E-state index contributed by atoms with van der Waals surface area (Å²) in [6.07, 6.45) is 2.09. The normalized spacial score (nSPS) is 21.4. The smallest absolute Gasteiger partial charge is 0.119 e. The van der Waals surface area contributed by atoms with Gasteiger partial charge in [0.2, 0.25) is 0 Å². The lowest BCUT2D eigenvalue weighted by Crippen LogP contribution is -2.41. The van der Waals surface area contributed by atoms with Gasteiger partial charge >= 0.3 is 0 Å². The summed E-state index contributed by atoms with van der Waals surface area (Å²) in [5, 5.41) is 10.1. The minimum Gasteiger partial charge on any atom is -0.497 e. The number of methoxy groups -OCH3 is 1. The highest BCUT2D eigenvalue weighted by atomic mass is 16.5. The van der Waals surface area contributed by atoms with Gasteiger partial charge in [0.05, 0.1) is 7.11 Å². The van der Waals surface area contributed by atoms with Crippen LogP contribution in [0.5, 0.6) is 11.5 Å². The topological polar surface area (TPSA) is 41.9 Å². The molecule has 0 aromatic heterocycles. The fourth-order valence-electron chi connectivity index (χ4n) is 2.67. The van der Waals surface area contributed by atoms with Gasteiger partial charge in [-0.15, -0.1) is 0 Å². The summed E-state index contributed by atoms with van der Waals surface area (Å²) in [6, 6.07) is 7.42. The number of aliphatic hydroxyl groups excluding tert-OH is 1. The number of nitrogens with zero attached hydrogens (tertiary/aromatic N) is 1. The Hall–Kier alpha value is -1.26. The molecular weight excluding hydrogens is 254 g/mol. The molecule has 1 aliphatic rings. The van der Waals surface area contributed by atoms with Gasteiger partial charge in [0.15, 0.2) is 0 Å². The predicted molar refractivity (Wildman–Crippen MR) is 79.3 cm³/mol. The number of likely N-dealkylation sites (tertiary alicyclic amines) is 1. The first-order valence-electron chi connectivity index (χ1n) is 7.34. The van der Waals surface area contributed by atoms with E-state index in [2.05, 4.69) is 11.8 Å². The second-order valence-electron chi connectivity index (χ2n) is 5.65. The number of piperidine rings is 1. The van der Waals surface area contributed by atoms with Crippen molar-refractivity contribution in [2.24, 2.45) is 5.92 Å². The molecule has 1 N–H and O–H groups in total. The van der Waals surface area contributed by atoms with Crippen molar-refractivity contribution in [3.05, 3.63) is 24.3 Å². The lowest BCUT2D eigenvalue weighted by molar-refractivity contribution is 0.0537. The molecule has 1 aromatic rings. The van der Waals surface area contributed by atoms with Crippen molar-refractivity contribution in [1.29, 1.82) is 0 Å². The maximum absolute atomic E-state index is 10.1. The summed E-state index contributed by atoms with van der Waals surface area (Å²) in [7, 11) is 1.64. The summed E-state index contributed by atoms with van der Waals surface area (Å²) in [4.78, 5) is 2.33. The van der Waals surface area contributed by atoms with Crippen molar-refractivity contribution in [3.63, 3.8) is 0 Å². The highest BCUT2D eigenvalue weighted by Gasteiger charge is 2.19. The molecule has 0 aliphatic carbocycles. The maximum Gasteiger partial charge on any atom is 0.119 e. The van der Waals surface area contributed by atoms with Crippen LogP contribution in [0.15, 0.2) is 24.3 Å². The molecule has 2 atom stereocenters. The molecule has 1 aliphatic heterocycles. The number of aliphatic hydroxyl groups is 1. The van der Waals surface area contributed by atoms with Crippen LogP contribution in [0, 0.1) is 5.92 Å². The van der Waals surface area contributed by atoms with E-state index in [-0.39, 0.29) is 0 Å². The van der Waals surface area contributed by atoms with E-state index in [1.165, 1.54) is 12.8 Å². The van der Waals surface area contributed by atoms with Gasteiger partial charge in [-0.25, -0.2) is 0 Å². The Balaban J connectivity index is 1.72. The van der Waals surface area contributed by atoms with Crippen molar-refractivity contribution in [2.75, 3.05) is 33.4 Å². The summed E-state index contributed by atoms with van der Waals surface area (Å²) >= 11 is 0. The highest BCUT2D eigenvalue weighted by molar-refractivity contribution is 5.31. The van der Waals surface area contributed by atoms with Crippen molar-refractivity contribution in [2.45, 2.75) is 25.9 Å². The van der Waals surface area contributed by atoms with Crippen molar-refractivity contribution in [3.8, 4) is 11.5 Å². The Morgan fingerprint density at radius 2 is 2.00 bits per heavy atom. The van der Waals surface area contributed by atoms with Crippen LogP contribution in [0.2, 0.25) is 0 Å². The fraction of sp³-hybridized carbons (Fsp3) is 0.625. The van der Waals surface area contributed by atoms with Crippen molar-refractivity contribution >= 4 is 0 Å². The van der Waals surface area contributed by atoms with E-state index < -0.39 is 6.10 Å². The first-order valence-corrected chi connectivity index (χ1v) is 7.34. The first-order chi connectivity index (χ1) is 9.67. The van der Waals surface area contributed by atoms with Gasteiger partial charge in [0, 0.05) is 13.1 Å². The van der Waals surface area contributed by atoms with Gasteiger partial charge < -0.3 is 19.5 Å². The quantitative estimate of drug-likeness (QED) is 0.866. The van der Waals surface area contributed by atoms with Crippen LogP contribution in [0.1, 0.15) is 19.8 Å². The van der Waals surface area contributed by atoms with E-state index in [9.17, 15) is 5.11 Å². The van der Waals surface area contributed by atoms with E-state index in [0.717, 1.165) is 30.5 Å². The molecular formula is C16H25NO3. The summed E-state index contributed by atoms with van der Waals surface area (Å²) in [6.45, 7) is 5.47. The summed E-state index contributed by atoms with van der Waals surface area (Å²) < 4.78 is 10.7. The third-order valence-corrected chi connectivity index (χ3v) is 3.71. The molecule has 0 radical (unpaired) electrons. The molecule has 20 heavy (non-hydrogen) atoms. The zero-order chi connectivity index (χ0) is 14.4. The zero-order valence-corrected chi connectivity index (χ0v) is 12.4. The lowest BCUT2D eigenvalue weighted by atomic mass is 10.0. The lowest BCUT2D eigenvalue weighted by Gasteiger charge is -2.32. The van der Waals surface area contributed by atoms with Crippen LogP contribution in [0.3, 0.4) is 0 Å². The Kier molecular flexibility index (Phi) is 5.68. The highest BCUT2D eigenvalue weighted by Crippen LogP contribution is 2.18. The third kappa shape index (κ3) is 4.69. The van der Waals surface area contributed by atoms with E-state index in [1.807, 2.05) is 24.3 Å². The molecule has 4 heteroatoms. The molecule has 0 spiro atoms. The van der Waals surface area contributed by atoms with E-state index in [1.54, 1.807) is 7.11 Å². The van der Waals surface area contributed by atoms with Gasteiger partial charge in [0.25, 0.3) is 0 Å². The van der Waals surface area contributed by atoms with Crippen LogP contribution >= 0.6 is 0 Å². The number of rotatable bonds is 6. The first kappa shape index (κ1) is 15.1. The standard InChI is InChI=1S/C16H25NO3/c1-13-4-3-9-17(10-13)11-14(18)12-20-16-7-5-15(19-2)6-8-16/h5-8,13-14,18H,3-4,9-12H2,1-2H3/t13-,14+/m1/s1. The Bertz CT molecular complexity index is 393. The molecule has 2 rings (SSSR count). The minimum absolute atomic E-state index is 0.331. The van der Waals surface area contributed by atoms with Gasteiger partial charge in [-0.3, -0.25) is 0 Å². The second-order valence-corrected chi connectivity index (χ2v) is 5.65. The number of hydrogen-bond donors (Lipinski definition) is 1. The molecule has 112 valence electrons. The van der Waals surface area contributed by atoms with Crippen molar-refractivity contribution in [1.82, 2.24) is 4.90 Å². The average molecular weight is 279 g/mol. The monoisotopic (exact) mass is 279 g/mol. The van der Waals surface area contributed by atoms with E-state index in [4.69, 9.17) is 9.47 Å². The van der Waals surface area contributed by atoms with Crippen LogP contribution in [0.25, 0.3) is 0 Å². The molecule has 1 heterocycles. The molecule has 1 aromatic carbocycles. The average Bonchev–Trinajstić information content (AvgIpc) is 2.46. The van der Waals surface area contributed by atoms with E-state index >= 15 is 0 Å². The fourth-order valence-corrected chi connectivity index (χ4v) is 2.67. The molecule has 4 nitrogen and oxygen atoms in total. The van der Waals surface area contributed by atoms with Crippen molar-refractivity contribution < 1.29 is 14.6 Å². The predicted octanol–water partition coefficient (Wildman–Crippen LogP) is 2.17. The third-order valence-electron chi connectivity index (χ3n) is 3.71. The Morgan fingerprint density at radius 1 is 1.30 bits per heavy atom. The number of hydrogen-bond acceptors (Lipinski definition) is 4. The number of ether oxygens (including phenoxy) is 2. The molecule has 0 unspecified atom stereocenters. The van der Waals surface area contributed by atoms with Gasteiger partial charge in [-0.05, 0) is 49.6 Å². The van der Waals surface area contributed by atoms with E-state index in [0.29, 0.717) is 13.2 Å². The largest absolute Gasteiger partial charge is 0.497 e. The van der Waals surface area contributed by atoms with Crippen LogP contribution < -0.4 is 9.47 Å². The molecule has 0 saturated carbocycles. The van der Waals surface area contributed by atoms with Crippen LogP contribution in [0.4, 0.5) is 0 Å². The van der Waals surface area contributed by atoms with Gasteiger partial charge in [-0.1, -0.05) is 6.92 Å². The maximum atomic E-state index is 10.1.